The molecule has 21 heavy (non-hydrogen) atoms. The van der Waals surface area contributed by atoms with Gasteiger partial charge in [0, 0.05) is 18.6 Å². The number of carbonyl (C=O) groups excluding carboxylic acids is 2. The number of primary amides is 1. The fraction of sp³-hybridized carbons (Fsp3) is 0.769. The number of fused-ring (bicyclic) bond motifs is 1. The molecule has 2 aliphatic heterocycles. The minimum absolute atomic E-state index is 0.0485. The molecule has 0 saturated carbocycles. The first-order valence-electron chi connectivity index (χ1n) is 7.28. The number of amides is 3. The van der Waals surface area contributed by atoms with Crippen LogP contribution in [0.15, 0.2) is 0 Å². The minimum atomic E-state index is -1.28. The summed E-state index contributed by atoms with van der Waals surface area (Å²) in [6.07, 6.45) is 3.69. The summed E-state index contributed by atoms with van der Waals surface area (Å²) in [6, 6.07) is -1.27. The minimum Gasteiger partial charge on any atom is -0.480 e. The molecule has 2 rings (SSSR count). The third-order valence-electron chi connectivity index (χ3n) is 4.16. The lowest BCUT2D eigenvalue weighted by Crippen LogP contribution is -2.53. The number of hydrogen-bond donors (Lipinski definition) is 4. The zero-order chi connectivity index (χ0) is 15.4. The van der Waals surface area contributed by atoms with E-state index in [4.69, 9.17) is 10.8 Å². The van der Waals surface area contributed by atoms with Gasteiger partial charge in [-0.3, -0.25) is 4.79 Å². The van der Waals surface area contributed by atoms with Crippen molar-refractivity contribution in [1.82, 2.24) is 15.5 Å². The second-order valence-corrected chi connectivity index (χ2v) is 5.73. The number of rotatable bonds is 5. The second-order valence-electron chi connectivity index (χ2n) is 5.73. The number of carbonyl (C=O) groups is 3. The Hall–Kier alpha value is -1.83. The van der Waals surface area contributed by atoms with Gasteiger partial charge in [-0.05, 0) is 32.2 Å². The van der Waals surface area contributed by atoms with Crippen LogP contribution in [-0.2, 0) is 9.59 Å². The van der Waals surface area contributed by atoms with E-state index in [2.05, 4.69) is 15.5 Å². The van der Waals surface area contributed by atoms with Gasteiger partial charge in [0.25, 0.3) is 0 Å². The largest absolute Gasteiger partial charge is 0.480 e. The zero-order valence-electron chi connectivity index (χ0n) is 11.9. The van der Waals surface area contributed by atoms with Crippen molar-refractivity contribution >= 4 is 17.9 Å². The van der Waals surface area contributed by atoms with E-state index in [0.717, 1.165) is 32.4 Å². The standard InChI is InChI=1S/C13H22N4O4/c14-11(18)7-10(12(19)20)16-13(21)15-8-3-5-17-4-1-2-9(17)6-8/h8-10H,1-7H2,(H2,14,18)(H,19,20)(H2,15,16,21). The third-order valence-corrected chi connectivity index (χ3v) is 4.16. The Morgan fingerprint density at radius 2 is 2.05 bits per heavy atom. The maximum atomic E-state index is 11.8. The Balaban J connectivity index is 1.80. The number of urea groups is 1. The van der Waals surface area contributed by atoms with Crippen LogP contribution in [0.25, 0.3) is 0 Å². The van der Waals surface area contributed by atoms with E-state index in [1.807, 2.05) is 0 Å². The van der Waals surface area contributed by atoms with Crippen molar-refractivity contribution in [2.75, 3.05) is 13.1 Å². The summed E-state index contributed by atoms with van der Waals surface area (Å²) >= 11 is 0. The molecule has 0 aromatic heterocycles. The van der Waals surface area contributed by atoms with Crippen LogP contribution >= 0.6 is 0 Å². The fourth-order valence-corrected chi connectivity index (χ4v) is 3.14. The normalized spacial score (nSPS) is 26.7. The van der Waals surface area contributed by atoms with Crippen LogP contribution in [0.5, 0.6) is 0 Å². The summed E-state index contributed by atoms with van der Waals surface area (Å²) in [5.74, 6) is -2.03. The molecule has 0 bridgehead atoms. The fourth-order valence-electron chi connectivity index (χ4n) is 3.14. The summed E-state index contributed by atoms with van der Waals surface area (Å²) in [5.41, 5.74) is 4.97. The first-order chi connectivity index (χ1) is 9.95. The quantitative estimate of drug-likeness (QED) is 0.531. The molecule has 2 aliphatic rings. The molecule has 0 aromatic carbocycles. The number of carboxylic acid groups (broad SMARTS) is 1. The van der Waals surface area contributed by atoms with Crippen molar-refractivity contribution in [2.24, 2.45) is 5.73 Å². The first kappa shape index (κ1) is 15.6. The van der Waals surface area contributed by atoms with Crippen molar-refractivity contribution in [3.8, 4) is 0 Å². The van der Waals surface area contributed by atoms with Crippen molar-refractivity contribution in [2.45, 2.75) is 50.2 Å². The maximum Gasteiger partial charge on any atom is 0.326 e. The molecule has 0 aromatic rings. The molecule has 2 heterocycles. The molecule has 5 N–H and O–H groups in total. The van der Waals surface area contributed by atoms with Crippen molar-refractivity contribution in [3.63, 3.8) is 0 Å². The smallest absolute Gasteiger partial charge is 0.326 e. The summed E-state index contributed by atoms with van der Waals surface area (Å²) < 4.78 is 0. The van der Waals surface area contributed by atoms with Crippen LogP contribution < -0.4 is 16.4 Å². The summed E-state index contributed by atoms with van der Waals surface area (Å²) in [6.45, 7) is 2.09. The summed E-state index contributed by atoms with van der Waals surface area (Å²) in [4.78, 5) is 36.0. The van der Waals surface area contributed by atoms with E-state index in [1.165, 1.54) is 6.42 Å². The molecule has 8 heteroatoms. The molecule has 118 valence electrons. The highest BCUT2D eigenvalue weighted by molar-refractivity contribution is 5.87. The van der Waals surface area contributed by atoms with Crippen LogP contribution in [0.2, 0.25) is 0 Å². The number of nitrogens with one attached hydrogen (secondary N) is 2. The molecule has 0 radical (unpaired) electrons. The number of nitrogens with zero attached hydrogens (tertiary/aromatic N) is 1. The lowest BCUT2D eigenvalue weighted by atomic mass is 9.98. The number of piperidine rings is 1. The van der Waals surface area contributed by atoms with Gasteiger partial charge in [0.2, 0.25) is 5.91 Å². The van der Waals surface area contributed by atoms with Crippen LogP contribution in [0.3, 0.4) is 0 Å². The van der Waals surface area contributed by atoms with E-state index in [9.17, 15) is 14.4 Å². The Bertz CT molecular complexity index is 428. The number of aliphatic carboxylic acids is 1. The summed E-state index contributed by atoms with van der Waals surface area (Å²) in [5, 5.41) is 14.0. The monoisotopic (exact) mass is 298 g/mol. The molecule has 2 saturated heterocycles. The van der Waals surface area contributed by atoms with Gasteiger partial charge in [0.05, 0.1) is 6.42 Å². The molecular formula is C13H22N4O4. The van der Waals surface area contributed by atoms with Crippen LogP contribution in [0.1, 0.15) is 32.1 Å². The Morgan fingerprint density at radius 1 is 1.29 bits per heavy atom. The van der Waals surface area contributed by atoms with Gasteiger partial charge in [-0.25, -0.2) is 9.59 Å². The van der Waals surface area contributed by atoms with Crippen molar-refractivity contribution in [3.05, 3.63) is 0 Å². The molecule has 0 aliphatic carbocycles. The van der Waals surface area contributed by atoms with E-state index in [-0.39, 0.29) is 6.04 Å². The number of hydrogen-bond acceptors (Lipinski definition) is 4. The van der Waals surface area contributed by atoms with Gasteiger partial charge in [-0.2, -0.15) is 0 Å². The lowest BCUT2D eigenvalue weighted by Gasteiger charge is -2.35. The maximum absolute atomic E-state index is 11.8. The molecule has 0 spiro atoms. The molecular weight excluding hydrogens is 276 g/mol. The predicted molar refractivity (Wildman–Crippen MR) is 74.5 cm³/mol. The molecule has 3 atom stereocenters. The first-order valence-corrected chi connectivity index (χ1v) is 7.28. The van der Waals surface area contributed by atoms with Gasteiger partial charge in [-0.1, -0.05) is 0 Å². The van der Waals surface area contributed by atoms with E-state index in [1.54, 1.807) is 0 Å². The van der Waals surface area contributed by atoms with E-state index in [0.29, 0.717) is 6.04 Å². The second kappa shape index (κ2) is 6.75. The predicted octanol–water partition coefficient (Wildman–Crippen LogP) is -0.759. The van der Waals surface area contributed by atoms with Gasteiger partial charge < -0.3 is 26.4 Å². The lowest BCUT2D eigenvalue weighted by molar-refractivity contribution is -0.140. The highest BCUT2D eigenvalue weighted by Crippen LogP contribution is 2.26. The molecule has 3 unspecified atom stereocenters. The topological polar surface area (TPSA) is 125 Å². The van der Waals surface area contributed by atoms with Crippen LogP contribution in [-0.4, -0.2) is 59.1 Å². The molecule has 3 amide bonds. The third kappa shape index (κ3) is 4.32. The van der Waals surface area contributed by atoms with Gasteiger partial charge in [0.1, 0.15) is 6.04 Å². The highest BCUT2D eigenvalue weighted by Gasteiger charge is 2.32. The van der Waals surface area contributed by atoms with Crippen LogP contribution in [0.4, 0.5) is 4.79 Å². The SMILES string of the molecule is NC(=O)CC(NC(=O)NC1CCN2CCCC2C1)C(=O)O. The zero-order valence-corrected chi connectivity index (χ0v) is 11.9. The van der Waals surface area contributed by atoms with Crippen molar-refractivity contribution < 1.29 is 19.5 Å². The number of nitrogens with two attached hydrogens (primary N) is 1. The molecule has 2 fully saturated rings. The van der Waals surface area contributed by atoms with Crippen molar-refractivity contribution in [1.29, 1.82) is 0 Å². The Labute approximate surface area is 123 Å². The number of carboxylic acids is 1. The summed E-state index contributed by atoms with van der Waals surface area (Å²) in [7, 11) is 0. The molecule has 8 nitrogen and oxygen atoms in total. The van der Waals surface area contributed by atoms with E-state index >= 15 is 0 Å². The van der Waals surface area contributed by atoms with Gasteiger partial charge in [-0.15, -0.1) is 0 Å². The average Bonchev–Trinajstić information content (AvgIpc) is 2.84. The average molecular weight is 298 g/mol. The Morgan fingerprint density at radius 3 is 2.71 bits per heavy atom. The Kier molecular flexibility index (Phi) is 5.00. The van der Waals surface area contributed by atoms with Crippen LogP contribution in [0, 0.1) is 0 Å². The van der Waals surface area contributed by atoms with Gasteiger partial charge in [0.15, 0.2) is 0 Å². The van der Waals surface area contributed by atoms with E-state index < -0.39 is 30.4 Å². The highest BCUT2D eigenvalue weighted by atomic mass is 16.4. The van der Waals surface area contributed by atoms with Gasteiger partial charge >= 0.3 is 12.0 Å².